The Morgan fingerprint density at radius 1 is 1.62 bits per heavy atom. The summed E-state index contributed by atoms with van der Waals surface area (Å²) in [6.07, 6.45) is -0.629. The van der Waals surface area contributed by atoms with Crippen molar-refractivity contribution in [2.45, 2.75) is 0 Å². The average Bonchev–Trinajstić information content (AvgIpc) is 2.68. The number of fused-ring (bicyclic) bond motifs is 1. The number of nitrogens with one attached hydrogen (secondary N) is 1. The van der Waals surface area contributed by atoms with Crippen LogP contribution in [0.5, 0.6) is 5.19 Å². The van der Waals surface area contributed by atoms with E-state index in [9.17, 15) is 9.18 Å². The van der Waals surface area contributed by atoms with Crippen molar-refractivity contribution in [2.24, 2.45) is 0 Å². The van der Waals surface area contributed by atoms with Gasteiger partial charge in [-0.05, 0) is 28.1 Å². The number of hydrogen-bond acceptors (Lipinski definition) is 4. The normalized spacial score (nSPS) is 10.4. The van der Waals surface area contributed by atoms with E-state index >= 15 is 0 Å². The molecule has 1 amide bonds. The number of carbonyl (C=O) groups is 1. The second kappa shape index (κ2) is 4.34. The number of carbonyl (C=O) groups excluding carboxylic acids is 1. The molecule has 2 rings (SSSR count). The third-order valence-corrected chi connectivity index (χ3v) is 3.39. The molecule has 1 N–H and O–H groups in total. The third-order valence-electron chi connectivity index (χ3n) is 1.81. The monoisotopic (exact) mass is 304 g/mol. The zero-order chi connectivity index (χ0) is 11.7. The van der Waals surface area contributed by atoms with E-state index in [1.165, 1.54) is 13.1 Å². The summed E-state index contributed by atoms with van der Waals surface area (Å²) in [5.41, 5.74) is 0.448. The van der Waals surface area contributed by atoms with Crippen LogP contribution in [0.1, 0.15) is 0 Å². The van der Waals surface area contributed by atoms with Crippen molar-refractivity contribution >= 4 is 43.6 Å². The van der Waals surface area contributed by atoms with Gasteiger partial charge in [0.2, 0.25) is 0 Å². The van der Waals surface area contributed by atoms with E-state index in [2.05, 4.69) is 26.2 Å². The van der Waals surface area contributed by atoms with E-state index in [4.69, 9.17) is 4.74 Å². The summed E-state index contributed by atoms with van der Waals surface area (Å²) < 4.78 is 19.2. The molecular formula is C9H6BrFN2O2S. The van der Waals surface area contributed by atoms with Gasteiger partial charge in [-0.2, -0.15) is 0 Å². The number of halogens is 2. The molecule has 2 aromatic rings. The predicted molar refractivity (Wildman–Crippen MR) is 62.4 cm³/mol. The van der Waals surface area contributed by atoms with E-state index in [-0.39, 0.29) is 11.0 Å². The highest BCUT2D eigenvalue weighted by Crippen LogP contribution is 2.34. The fourth-order valence-corrected chi connectivity index (χ4v) is 2.50. The predicted octanol–water partition coefficient (Wildman–Crippen LogP) is 2.92. The molecule has 0 radical (unpaired) electrons. The Balaban J connectivity index is 2.47. The van der Waals surface area contributed by atoms with Crippen LogP contribution in [-0.2, 0) is 0 Å². The van der Waals surface area contributed by atoms with E-state index in [1.54, 1.807) is 6.07 Å². The zero-order valence-electron chi connectivity index (χ0n) is 8.08. The van der Waals surface area contributed by atoms with Crippen LogP contribution in [0.3, 0.4) is 0 Å². The molecular weight excluding hydrogens is 299 g/mol. The Morgan fingerprint density at radius 3 is 3.00 bits per heavy atom. The maximum atomic E-state index is 13.4. The number of rotatable bonds is 1. The third kappa shape index (κ3) is 2.00. The molecule has 0 spiro atoms. The SMILES string of the molecule is CNC(=O)Oc1nc2c(Br)ccc(F)c2s1. The van der Waals surface area contributed by atoms with E-state index < -0.39 is 6.09 Å². The number of thiazole rings is 1. The summed E-state index contributed by atoms with van der Waals surface area (Å²) in [6, 6.07) is 2.88. The lowest BCUT2D eigenvalue weighted by molar-refractivity contribution is 0.203. The second-order valence-electron chi connectivity index (χ2n) is 2.83. The molecule has 0 bridgehead atoms. The van der Waals surface area contributed by atoms with Crippen molar-refractivity contribution in [1.29, 1.82) is 0 Å². The van der Waals surface area contributed by atoms with E-state index in [0.717, 1.165) is 11.3 Å². The molecule has 1 aromatic heterocycles. The first-order valence-corrected chi connectivity index (χ1v) is 5.87. The molecule has 0 saturated heterocycles. The molecule has 0 aliphatic rings. The number of hydrogen-bond donors (Lipinski definition) is 1. The van der Waals surface area contributed by atoms with Gasteiger partial charge in [0.05, 0.1) is 4.70 Å². The lowest BCUT2D eigenvalue weighted by Crippen LogP contribution is -2.21. The van der Waals surface area contributed by atoms with Gasteiger partial charge in [0.25, 0.3) is 5.19 Å². The van der Waals surface area contributed by atoms with Gasteiger partial charge in [-0.3, -0.25) is 0 Å². The molecule has 1 heterocycles. The lowest BCUT2D eigenvalue weighted by Gasteiger charge is -1.95. The largest absolute Gasteiger partial charge is 0.414 e. The van der Waals surface area contributed by atoms with Gasteiger partial charge in [0, 0.05) is 11.5 Å². The first kappa shape index (κ1) is 11.3. The van der Waals surface area contributed by atoms with Crippen LogP contribution in [0.4, 0.5) is 9.18 Å². The highest BCUT2D eigenvalue weighted by atomic mass is 79.9. The van der Waals surface area contributed by atoms with Gasteiger partial charge in [-0.25, -0.2) is 14.2 Å². The summed E-state index contributed by atoms with van der Waals surface area (Å²) in [7, 11) is 1.44. The summed E-state index contributed by atoms with van der Waals surface area (Å²) in [5.74, 6) is -0.387. The molecule has 7 heteroatoms. The van der Waals surface area contributed by atoms with Gasteiger partial charge in [0.1, 0.15) is 11.3 Å². The van der Waals surface area contributed by atoms with Crippen LogP contribution in [0.25, 0.3) is 10.2 Å². The Bertz CT molecular complexity index is 519. The van der Waals surface area contributed by atoms with Crippen molar-refractivity contribution in [2.75, 3.05) is 7.05 Å². The fourth-order valence-electron chi connectivity index (χ4n) is 1.10. The van der Waals surface area contributed by atoms with Crippen molar-refractivity contribution < 1.29 is 13.9 Å². The van der Waals surface area contributed by atoms with Crippen LogP contribution >= 0.6 is 27.3 Å². The number of benzene rings is 1. The minimum Gasteiger partial charge on any atom is -0.381 e. The first-order valence-electron chi connectivity index (χ1n) is 4.26. The molecule has 1 aromatic carbocycles. The lowest BCUT2D eigenvalue weighted by atomic mass is 10.3. The van der Waals surface area contributed by atoms with E-state index in [1.807, 2.05) is 0 Å². The summed E-state index contributed by atoms with van der Waals surface area (Å²) in [6.45, 7) is 0. The Labute approximate surface area is 103 Å². The molecule has 16 heavy (non-hydrogen) atoms. The maximum Gasteiger partial charge on any atom is 0.414 e. The van der Waals surface area contributed by atoms with Gasteiger partial charge in [-0.15, -0.1) is 0 Å². The van der Waals surface area contributed by atoms with Crippen LogP contribution < -0.4 is 10.1 Å². The molecule has 4 nitrogen and oxygen atoms in total. The van der Waals surface area contributed by atoms with Crippen molar-refractivity contribution in [3.8, 4) is 5.19 Å². The smallest absolute Gasteiger partial charge is 0.381 e. The van der Waals surface area contributed by atoms with Gasteiger partial charge >= 0.3 is 6.09 Å². The second-order valence-corrected chi connectivity index (χ2v) is 4.64. The quantitative estimate of drug-likeness (QED) is 0.881. The standard InChI is InChI=1S/C9H6BrFN2O2S/c1-12-8(14)15-9-13-6-4(10)2-3-5(11)7(6)16-9/h2-3H,1H3,(H,12,14). The molecule has 0 atom stereocenters. The number of aromatic nitrogens is 1. The van der Waals surface area contributed by atoms with Crippen LogP contribution in [0.2, 0.25) is 0 Å². The summed E-state index contributed by atoms with van der Waals surface area (Å²) >= 11 is 4.23. The van der Waals surface area contributed by atoms with Crippen LogP contribution in [-0.4, -0.2) is 18.1 Å². The Hall–Kier alpha value is -1.21. The van der Waals surface area contributed by atoms with Crippen LogP contribution in [0, 0.1) is 5.82 Å². The van der Waals surface area contributed by atoms with E-state index in [0.29, 0.717) is 14.7 Å². The Morgan fingerprint density at radius 2 is 2.38 bits per heavy atom. The molecule has 0 fully saturated rings. The fraction of sp³-hybridized carbons (Fsp3) is 0.111. The van der Waals surface area contributed by atoms with Crippen LogP contribution in [0.15, 0.2) is 16.6 Å². The minimum absolute atomic E-state index is 0.111. The minimum atomic E-state index is -0.629. The maximum absolute atomic E-state index is 13.4. The summed E-state index contributed by atoms with van der Waals surface area (Å²) in [4.78, 5) is 15.0. The molecule has 0 aliphatic heterocycles. The molecule has 0 aliphatic carbocycles. The first-order chi connectivity index (χ1) is 7.61. The topological polar surface area (TPSA) is 51.2 Å². The highest BCUT2D eigenvalue weighted by Gasteiger charge is 2.13. The van der Waals surface area contributed by atoms with Crippen molar-refractivity contribution in [1.82, 2.24) is 10.3 Å². The zero-order valence-corrected chi connectivity index (χ0v) is 10.5. The molecule has 0 unspecified atom stereocenters. The molecule has 0 saturated carbocycles. The average molecular weight is 305 g/mol. The van der Waals surface area contributed by atoms with Gasteiger partial charge < -0.3 is 10.1 Å². The Kier molecular flexibility index (Phi) is 3.06. The van der Waals surface area contributed by atoms with Gasteiger partial charge in [-0.1, -0.05) is 11.3 Å². The number of nitrogens with zero attached hydrogens (tertiary/aromatic N) is 1. The summed E-state index contributed by atoms with van der Waals surface area (Å²) in [5, 5.41) is 2.40. The van der Waals surface area contributed by atoms with Crippen molar-refractivity contribution in [3.05, 3.63) is 22.4 Å². The highest BCUT2D eigenvalue weighted by molar-refractivity contribution is 9.10. The van der Waals surface area contributed by atoms with Gasteiger partial charge in [0.15, 0.2) is 0 Å². The number of ether oxygens (including phenoxy) is 1. The van der Waals surface area contributed by atoms with Crippen molar-refractivity contribution in [3.63, 3.8) is 0 Å². The molecule has 84 valence electrons. The number of amides is 1.